The summed E-state index contributed by atoms with van der Waals surface area (Å²) in [5, 5.41) is 6.81. The van der Waals surface area contributed by atoms with E-state index in [0.29, 0.717) is 29.6 Å². The smallest absolute Gasteiger partial charge is 0.244 e. The molecule has 2 aromatic heterocycles. The number of rotatable bonds is 8. The lowest BCUT2D eigenvalue weighted by Gasteiger charge is -2.12. The number of ether oxygens (including phenoxy) is 3. The van der Waals surface area contributed by atoms with Gasteiger partial charge in [-0.3, -0.25) is 4.79 Å². The summed E-state index contributed by atoms with van der Waals surface area (Å²) in [6.45, 7) is 0.308. The van der Waals surface area contributed by atoms with Gasteiger partial charge in [-0.15, -0.1) is 0 Å². The number of furan rings is 1. The number of hydrogen-bond acceptors (Lipinski definition) is 6. The minimum atomic E-state index is -0.234. The normalized spacial score (nSPS) is 10.8. The highest BCUT2D eigenvalue weighted by Gasteiger charge is 2.12. The van der Waals surface area contributed by atoms with Crippen molar-refractivity contribution in [1.82, 2.24) is 5.32 Å². The number of hydrogen-bond donors (Lipinski definition) is 1. The molecule has 0 radical (unpaired) electrons. The molecule has 3 aromatic rings. The summed E-state index contributed by atoms with van der Waals surface area (Å²) in [6.07, 6.45) is 3.13. The van der Waals surface area contributed by atoms with Crippen molar-refractivity contribution >= 4 is 23.3 Å². The predicted molar refractivity (Wildman–Crippen MR) is 109 cm³/mol. The molecule has 2 heterocycles. The summed E-state index contributed by atoms with van der Waals surface area (Å²) in [5.74, 6) is 2.80. The second-order valence-corrected chi connectivity index (χ2v) is 6.57. The largest absolute Gasteiger partial charge is 0.493 e. The van der Waals surface area contributed by atoms with Gasteiger partial charge in [-0.05, 0) is 47.4 Å². The number of carbonyl (C=O) groups is 1. The summed E-state index contributed by atoms with van der Waals surface area (Å²) in [6, 6.07) is 9.28. The number of carbonyl (C=O) groups excluding carboxylic acids is 1. The van der Waals surface area contributed by atoms with Crippen LogP contribution in [0.4, 0.5) is 0 Å². The lowest BCUT2D eigenvalue weighted by molar-refractivity contribution is -0.116. The molecule has 1 amide bonds. The Labute approximate surface area is 167 Å². The quantitative estimate of drug-likeness (QED) is 0.570. The van der Waals surface area contributed by atoms with Crippen LogP contribution in [0.1, 0.15) is 11.3 Å². The van der Waals surface area contributed by atoms with Gasteiger partial charge in [0.2, 0.25) is 11.7 Å². The van der Waals surface area contributed by atoms with E-state index < -0.39 is 0 Å². The highest BCUT2D eigenvalue weighted by Crippen LogP contribution is 2.38. The Kier molecular flexibility index (Phi) is 6.39. The molecular weight excluding hydrogens is 378 g/mol. The van der Waals surface area contributed by atoms with E-state index in [-0.39, 0.29) is 5.91 Å². The van der Waals surface area contributed by atoms with Crippen LogP contribution in [-0.2, 0) is 11.3 Å². The lowest BCUT2D eigenvalue weighted by Crippen LogP contribution is -2.19. The summed E-state index contributed by atoms with van der Waals surface area (Å²) >= 11 is 1.61. The van der Waals surface area contributed by atoms with Gasteiger partial charge < -0.3 is 23.9 Å². The molecule has 146 valence electrons. The number of benzene rings is 1. The monoisotopic (exact) mass is 399 g/mol. The van der Waals surface area contributed by atoms with Gasteiger partial charge in [-0.25, -0.2) is 0 Å². The van der Waals surface area contributed by atoms with Gasteiger partial charge in [0, 0.05) is 17.0 Å². The van der Waals surface area contributed by atoms with Crippen molar-refractivity contribution in [3.8, 4) is 28.6 Å². The van der Waals surface area contributed by atoms with Crippen molar-refractivity contribution in [3.63, 3.8) is 0 Å². The Morgan fingerprint density at radius 1 is 1.11 bits per heavy atom. The second kappa shape index (κ2) is 9.14. The average Bonchev–Trinajstić information content (AvgIpc) is 3.41. The number of nitrogens with one attached hydrogen (secondary N) is 1. The molecule has 0 atom stereocenters. The van der Waals surface area contributed by atoms with Crippen molar-refractivity contribution in [3.05, 3.63) is 58.5 Å². The zero-order chi connectivity index (χ0) is 19.9. The summed E-state index contributed by atoms with van der Waals surface area (Å²) in [7, 11) is 4.64. The average molecular weight is 399 g/mol. The second-order valence-electron chi connectivity index (χ2n) is 5.79. The van der Waals surface area contributed by atoms with Crippen LogP contribution in [-0.4, -0.2) is 27.2 Å². The van der Waals surface area contributed by atoms with Crippen LogP contribution in [0.15, 0.2) is 51.6 Å². The molecule has 1 aromatic carbocycles. The predicted octanol–water partition coefficient (Wildman–Crippen LogP) is 4.36. The lowest BCUT2D eigenvalue weighted by atomic mass is 10.1. The molecule has 0 saturated carbocycles. The summed E-state index contributed by atoms with van der Waals surface area (Å²) < 4.78 is 21.7. The van der Waals surface area contributed by atoms with E-state index in [1.54, 1.807) is 50.9 Å². The minimum absolute atomic E-state index is 0.234. The van der Waals surface area contributed by atoms with Gasteiger partial charge in [0.25, 0.3) is 0 Å². The molecule has 28 heavy (non-hydrogen) atoms. The molecule has 6 nitrogen and oxygen atoms in total. The fraction of sp³-hybridized carbons (Fsp3) is 0.190. The molecule has 0 saturated heterocycles. The topological polar surface area (TPSA) is 69.9 Å². The Morgan fingerprint density at radius 3 is 2.46 bits per heavy atom. The number of amides is 1. The maximum absolute atomic E-state index is 12.1. The molecule has 1 N–H and O–H groups in total. The fourth-order valence-electron chi connectivity index (χ4n) is 2.64. The van der Waals surface area contributed by atoms with E-state index in [2.05, 4.69) is 5.32 Å². The van der Waals surface area contributed by atoms with Crippen molar-refractivity contribution in [2.75, 3.05) is 21.3 Å². The molecule has 0 unspecified atom stereocenters. The zero-order valence-corrected chi connectivity index (χ0v) is 16.7. The summed E-state index contributed by atoms with van der Waals surface area (Å²) in [5.41, 5.74) is 1.78. The molecule has 0 aliphatic carbocycles. The highest BCUT2D eigenvalue weighted by molar-refractivity contribution is 7.08. The van der Waals surface area contributed by atoms with Gasteiger partial charge in [-0.1, -0.05) is 0 Å². The first-order valence-electron chi connectivity index (χ1n) is 8.51. The maximum Gasteiger partial charge on any atom is 0.244 e. The zero-order valence-electron chi connectivity index (χ0n) is 15.9. The first-order valence-corrected chi connectivity index (χ1v) is 9.46. The Bertz CT molecular complexity index is 934. The molecule has 0 fully saturated rings. The molecular formula is C21H21NO5S. The van der Waals surface area contributed by atoms with E-state index >= 15 is 0 Å². The SMILES string of the molecule is COc1cc(C=CC(=O)NCc2ccc(-c3ccsc3)o2)cc(OC)c1OC. The van der Waals surface area contributed by atoms with E-state index in [1.807, 2.05) is 29.0 Å². The van der Waals surface area contributed by atoms with Gasteiger partial charge in [0.1, 0.15) is 11.5 Å². The Balaban J connectivity index is 1.62. The minimum Gasteiger partial charge on any atom is -0.493 e. The third-order valence-corrected chi connectivity index (χ3v) is 4.70. The molecule has 7 heteroatoms. The first kappa shape index (κ1) is 19.6. The van der Waals surface area contributed by atoms with Crippen molar-refractivity contribution < 1.29 is 23.4 Å². The Morgan fingerprint density at radius 2 is 1.86 bits per heavy atom. The van der Waals surface area contributed by atoms with Gasteiger partial charge in [0.05, 0.1) is 27.9 Å². The van der Waals surface area contributed by atoms with Crippen LogP contribution in [0, 0.1) is 0 Å². The Hall–Kier alpha value is -3.19. The number of thiophene rings is 1. The standard InChI is InChI=1S/C21H21NO5S/c1-24-18-10-14(11-19(25-2)21(18)26-3)4-7-20(23)22-12-16-5-6-17(27-16)15-8-9-28-13-15/h4-11,13H,12H2,1-3H3,(H,22,23). The van der Waals surface area contributed by atoms with E-state index in [9.17, 15) is 4.79 Å². The van der Waals surface area contributed by atoms with Crippen LogP contribution in [0.5, 0.6) is 17.2 Å². The highest BCUT2D eigenvalue weighted by atomic mass is 32.1. The summed E-state index contributed by atoms with van der Waals surface area (Å²) in [4.78, 5) is 12.1. The fourth-order valence-corrected chi connectivity index (χ4v) is 3.28. The van der Waals surface area contributed by atoms with E-state index in [1.165, 1.54) is 6.08 Å². The first-order chi connectivity index (χ1) is 13.6. The molecule has 0 spiro atoms. The van der Waals surface area contributed by atoms with E-state index in [0.717, 1.165) is 16.9 Å². The number of methoxy groups -OCH3 is 3. The maximum atomic E-state index is 12.1. The molecule has 0 aliphatic heterocycles. The van der Waals surface area contributed by atoms with Crippen molar-refractivity contribution in [2.24, 2.45) is 0 Å². The van der Waals surface area contributed by atoms with Crippen LogP contribution in [0.2, 0.25) is 0 Å². The van der Waals surface area contributed by atoms with E-state index in [4.69, 9.17) is 18.6 Å². The van der Waals surface area contributed by atoms with Gasteiger partial charge >= 0.3 is 0 Å². The van der Waals surface area contributed by atoms with Crippen molar-refractivity contribution in [2.45, 2.75) is 6.54 Å². The van der Waals surface area contributed by atoms with Crippen LogP contribution < -0.4 is 19.5 Å². The van der Waals surface area contributed by atoms with Crippen LogP contribution in [0.3, 0.4) is 0 Å². The molecule has 0 bridgehead atoms. The van der Waals surface area contributed by atoms with Gasteiger partial charge in [0.15, 0.2) is 11.5 Å². The molecule has 0 aliphatic rings. The third kappa shape index (κ3) is 4.55. The third-order valence-electron chi connectivity index (χ3n) is 4.02. The van der Waals surface area contributed by atoms with Crippen LogP contribution in [0.25, 0.3) is 17.4 Å². The molecule has 3 rings (SSSR count). The van der Waals surface area contributed by atoms with Crippen LogP contribution >= 0.6 is 11.3 Å². The van der Waals surface area contributed by atoms with Crippen molar-refractivity contribution in [1.29, 1.82) is 0 Å². The van der Waals surface area contributed by atoms with Gasteiger partial charge in [-0.2, -0.15) is 11.3 Å².